The van der Waals surface area contributed by atoms with Gasteiger partial charge < -0.3 is 15.1 Å². The minimum absolute atomic E-state index is 0.0262. The van der Waals surface area contributed by atoms with Crippen molar-refractivity contribution in [2.75, 3.05) is 29.4 Å². The van der Waals surface area contributed by atoms with Gasteiger partial charge in [-0.1, -0.05) is 54.1 Å². The van der Waals surface area contributed by atoms with Gasteiger partial charge in [-0.3, -0.25) is 4.79 Å². The van der Waals surface area contributed by atoms with Gasteiger partial charge in [-0.25, -0.2) is 4.39 Å². The maximum absolute atomic E-state index is 14.0. The first-order valence-corrected chi connectivity index (χ1v) is 11.3. The molecule has 164 valence electrons. The van der Waals surface area contributed by atoms with Gasteiger partial charge in [-0.2, -0.15) is 0 Å². The smallest absolute Gasteiger partial charge is 0.225 e. The number of hydrogen-bond donors (Lipinski definition) is 1. The van der Waals surface area contributed by atoms with Crippen LogP contribution in [0.15, 0.2) is 72.8 Å². The molecule has 3 aromatic rings. The van der Waals surface area contributed by atoms with Crippen LogP contribution in [0.4, 0.5) is 15.8 Å². The van der Waals surface area contributed by atoms with E-state index in [0.29, 0.717) is 17.0 Å². The predicted molar refractivity (Wildman–Crippen MR) is 127 cm³/mol. The van der Waals surface area contributed by atoms with E-state index in [0.717, 1.165) is 25.3 Å². The summed E-state index contributed by atoms with van der Waals surface area (Å²) in [6, 6.07) is 22.8. The summed E-state index contributed by atoms with van der Waals surface area (Å²) >= 11 is 6.23. The second kappa shape index (κ2) is 8.83. The second-order valence-corrected chi connectivity index (χ2v) is 8.87. The molecule has 1 amide bonds. The minimum Gasteiger partial charge on any atom is -0.368 e. The number of anilines is 2. The number of halogens is 2. The fraction of sp³-hybridized carbons (Fsp3) is 0.269. The van der Waals surface area contributed by atoms with Gasteiger partial charge >= 0.3 is 0 Å². The first kappa shape index (κ1) is 20.8. The Kier molecular flexibility index (Phi) is 5.75. The van der Waals surface area contributed by atoms with Crippen molar-refractivity contribution in [3.05, 3.63) is 94.8 Å². The van der Waals surface area contributed by atoms with Crippen molar-refractivity contribution in [1.29, 1.82) is 0 Å². The maximum atomic E-state index is 14.0. The molecule has 2 aliphatic rings. The van der Waals surface area contributed by atoms with E-state index < -0.39 is 0 Å². The van der Waals surface area contributed by atoms with Crippen LogP contribution in [0.25, 0.3) is 0 Å². The van der Waals surface area contributed by atoms with Crippen LogP contribution in [0, 0.1) is 11.7 Å². The van der Waals surface area contributed by atoms with Crippen LogP contribution in [0.5, 0.6) is 0 Å². The average Bonchev–Trinajstić information content (AvgIpc) is 2.82. The highest BCUT2D eigenvalue weighted by Crippen LogP contribution is 2.37. The van der Waals surface area contributed by atoms with Crippen LogP contribution >= 0.6 is 11.6 Å². The largest absolute Gasteiger partial charge is 0.368 e. The van der Waals surface area contributed by atoms with E-state index in [1.807, 2.05) is 24.3 Å². The number of nitrogens with zero attached hydrogens (tertiary/aromatic N) is 2. The molecule has 0 radical (unpaired) electrons. The third-order valence-corrected chi connectivity index (χ3v) is 6.78. The summed E-state index contributed by atoms with van der Waals surface area (Å²) in [6.07, 6.45) is 0.670. The monoisotopic (exact) mass is 449 g/mol. The van der Waals surface area contributed by atoms with Crippen LogP contribution in [-0.2, 0) is 17.8 Å². The first-order valence-electron chi connectivity index (χ1n) is 11.0. The molecular weight excluding hydrogens is 425 g/mol. The van der Waals surface area contributed by atoms with E-state index in [2.05, 4.69) is 39.4 Å². The zero-order chi connectivity index (χ0) is 22.1. The predicted octanol–water partition coefficient (Wildman–Crippen LogP) is 4.66. The molecule has 0 spiro atoms. The van der Waals surface area contributed by atoms with Gasteiger partial charge in [0.1, 0.15) is 5.82 Å². The second-order valence-electron chi connectivity index (χ2n) is 8.44. The highest BCUT2D eigenvalue weighted by atomic mass is 35.5. The number of fused-ring (bicyclic) bond motifs is 3. The fourth-order valence-electron chi connectivity index (χ4n) is 4.92. The van der Waals surface area contributed by atoms with Crippen LogP contribution in [0.3, 0.4) is 0 Å². The number of rotatable bonds is 4. The average molecular weight is 450 g/mol. The van der Waals surface area contributed by atoms with Crippen molar-refractivity contribution in [1.82, 2.24) is 5.32 Å². The molecule has 1 saturated heterocycles. The standard InChI is InChI=1S/C26H25ClFN3O/c27-20-8-5-9-21(15-20)30-12-13-31-24-11-4-2-6-18(24)14-22(25(31)17-30)26(32)29-16-19-7-1-3-10-23(19)28/h1-11,15,22,25H,12-14,16-17H2,(H,29,32). The number of para-hydroxylation sites is 1. The summed E-state index contributed by atoms with van der Waals surface area (Å²) in [5.74, 6) is -0.558. The lowest BCUT2D eigenvalue weighted by molar-refractivity contribution is -0.126. The summed E-state index contributed by atoms with van der Waals surface area (Å²) in [5, 5.41) is 3.70. The van der Waals surface area contributed by atoms with Gasteiger partial charge in [0.05, 0.1) is 12.0 Å². The fourth-order valence-corrected chi connectivity index (χ4v) is 5.10. The molecule has 1 fully saturated rings. The van der Waals surface area contributed by atoms with E-state index in [1.165, 1.54) is 17.3 Å². The van der Waals surface area contributed by atoms with Crippen molar-refractivity contribution in [2.24, 2.45) is 5.92 Å². The molecule has 0 aliphatic carbocycles. The molecule has 2 unspecified atom stereocenters. The van der Waals surface area contributed by atoms with Crippen LogP contribution < -0.4 is 15.1 Å². The van der Waals surface area contributed by atoms with Gasteiger partial charge in [0.2, 0.25) is 5.91 Å². The normalized spacial score (nSPS) is 19.8. The van der Waals surface area contributed by atoms with Crippen molar-refractivity contribution in [3.63, 3.8) is 0 Å². The Morgan fingerprint density at radius 2 is 1.84 bits per heavy atom. The summed E-state index contributed by atoms with van der Waals surface area (Å²) in [7, 11) is 0. The lowest BCUT2D eigenvalue weighted by atomic mass is 9.83. The molecule has 0 saturated carbocycles. The summed E-state index contributed by atoms with van der Waals surface area (Å²) in [6.45, 7) is 2.60. The molecule has 2 atom stereocenters. The molecule has 4 nitrogen and oxygen atoms in total. The number of amides is 1. The van der Waals surface area contributed by atoms with Crippen molar-refractivity contribution >= 4 is 28.9 Å². The van der Waals surface area contributed by atoms with Gasteiger partial charge in [-0.05, 0) is 42.3 Å². The molecule has 0 bridgehead atoms. The molecule has 32 heavy (non-hydrogen) atoms. The minimum atomic E-state index is -0.298. The molecule has 2 heterocycles. The van der Waals surface area contributed by atoms with Crippen LogP contribution in [-0.4, -0.2) is 31.6 Å². The van der Waals surface area contributed by atoms with E-state index in [4.69, 9.17) is 11.6 Å². The molecule has 0 aromatic heterocycles. The number of benzene rings is 3. The van der Waals surface area contributed by atoms with E-state index >= 15 is 0 Å². The van der Waals surface area contributed by atoms with E-state index in [9.17, 15) is 9.18 Å². The van der Waals surface area contributed by atoms with Gasteiger partial charge in [0.25, 0.3) is 0 Å². The highest BCUT2D eigenvalue weighted by molar-refractivity contribution is 6.30. The van der Waals surface area contributed by atoms with E-state index in [-0.39, 0.29) is 30.2 Å². The highest BCUT2D eigenvalue weighted by Gasteiger charge is 2.41. The summed E-state index contributed by atoms with van der Waals surface area (Å²) in [4.78, 5) is 18.0. The third-order valence-electron chi connectivity index (χ3n) is 6.54. The number of carbonyl (C=O) groups excluding carboxylic acids is 1. The van der Waals surface area contributed by atoms with Crippen molar-refractivity contribution < 1.29 is 9.18 Å². The summed E-state index contributed by atoms with van der Waals surface area (Å²) < 4.78 is 14.0. The zero-order valence-corrected chi connectivity index (χ0v) is 18.4. The van der Waals surface area contributed by atoms with Gasteiger partial charge in [-0.15, -0.1) is 0 Å². The van der Waals surface area contributed by atoms with Gasteiger partial charge in [0, 0.05) is 48.1 Å². The Balaban J connectivity index is 1.40. The Morgan fingerprint density at radius 1 is 1.03 bits per heavy atom. The number of carbonyl (C=O) groups is 1. The SMILES string of the molecule is O=C(NCc1ccccc1F)C1Cc2ccccc2N2CCN(c3cccc(Cl)c3)CC12. The Labute approximate surface area is 192 Å². The molecular formula is C26H25ClFN3O. The van der Waals surface area contributed by atoms with Crippen LogP contribution in [0.1, 0.15) is 11.1 Å². The Morgan fingerprint density at radius 3 is 2.69 bits per heavy atom. The lowest BCUT2D eigenvalue weighted by Gasteiger charge is -2.49. The third kappa shape index (κ3) is 4.05. The topological polar surface area (TPSA) is 35.6 Å². The molecule has 3 aromatic carbocycles. The van der Waals surface area contributed by atoms with Crippen LogP contribution in [0.2, 0.25) is 5.02 Å². The van der Waals surface area contributed by atoms with Crippen molar-refractivity contribution in [2.45, 2.75) is 19.0 Å². The zero-order valence-electron chi connectivity index (χ0n) is 17.7. The number of nitrogens with one attached hydrogen (secondary N) is 1. The molecule has 5 rings (SSSR count). The molecule has 6 heteroatoms. The number of piperazine rings is 1. The number of hydrogen-bond acceptors (Lipinski definition) is 3. The Bertz CT molecular complexity index is 1140. The molecule has 2 aliphatic heterocycles. The van der Waals surface area contributed by atoms with Gasteiger partial charge in [0.15, 0.2) is 0 Å². The van der Waals surface area contributed by atoms with E-state index in [1.54, 1.807) is 18.2 Å². The first-order chi connectivity index (χ1) is 15.6. The quantitative estimate of drug-likeness (QED) is 0.629. The Hall–Kier alpha value is -3.05. The molecule has 1 N–H and O–H groups in total. The maximum Gasteiger partial charge on any atom is 0.225 e. The van der Waals surface area contributed by atoms with Crippen molar-refractivity contribution in [3.8, 4) is 0 Å². The summed E-state index contributed by atoms with van der Waals surface area (Å²) in [5.41, 5.74) is 3.96. The lowest BCUT2D eigenvalue weighted by Crippen LogP contribution is -2.61.